The molecule has 1 aliphatic carbocycles. The molecule has 0 bridgehead atoms. The number of hydrogen-bond acceptors (Lipinski definition) is 3. The molecule has 2 N–H and O–H groups in total. The van der Waals surface area contributed by atoms with Crippen LogP contribution in [0.4, 0.5) is 0 Å². The number of benzene rings is 1. The van der Waals surface area contributed by atoms with Crippen LogP contribution in [0.1, 0.15) is 63.0 Å². The number of piperidine rings is 1. The number of nitrogens with one attached hydrogen (secondary N) is 2. The lowest BCUT2D eigenvalue weighted by Crippen LogP contribution is -2.46. The van der Waals surface area contributed by atoms with Gasteiger partial charge in [-0.25, -0.2) is 0 Å². The van der Waals surface area contributed by atoms with Gasteiger partial charge in [0.2, 0.25) is 0 Å². The van der Waals surface area contributed by atoms with Gasteiger partial charge in [0.1, 0.15) is 0 Å². The highest BCUT2D eigenvalue weighted by atomic mass is 127. The molecule has 1 aromatic carbocycles. The number of likely N-dealkylation sites (tertiary alicyclic amines) is 1. The van der Waals surface area contributed by atoms with Crippen molar-refractivity contribution in [3.05, 3.63) is 35.4 Å². The number of rotatable bonds is 9. The Morgan fingerprint density at radius 3 is 2.47 bits per heavy atom. The molecule has 1 unspecified atom stereocenters. The molecule has 1 aromatic rings. The third-order valence-electron chi connectivity index (χ3n) is 6.91. The average molecular weight is 529 g/mol. The van der Waals surface area contributed by atoms with Crippen LogP contribution in [0.25, 0.3) is 0 Å². The van der Waals surface area contributed by atoms with E-state index in [1.54, 1.807) is 7.11 Å². The molecule has 1 heterocycles. The normalized spacial score (nSPS) is 21.4. The van der Waals surface area contributed by atoms with E-state index in [1.807, 2.05) is 7.05 Å². The van der Waals surface area contributed by atoms with E-state index in [9.17, 15) is 0 Å². The molecule has 0 aromatic heterocycles. The van der Waals surface area contributed by atoms with Crippen molar-refractivity contribution in [2.75, 3.05) is 33.9 Å². The van der Waals surface area contributed by atoms with Gasteiger partial charge < -0.3 is 15.4 Å². The van der Waals surface area contributed by atoms with Crippen molar-refractivity contribution in [3.8, 4) is 0 Å². The summed E-state index contributed by atoms with van der Waals surface area (Å²) in [5.41, 5.74) is 3.09. The van der Waals surface area contributed by atoms with E-state index in [0.717, 1.165) is 38.6 Å². The first-order valence-electron chi connectivity index (χ1n) is 11.4. The minimum Gasteiger partial charge on any atom is -0.385 e. The molecule has 1 saturated heterocycles. The standard InChI is InChI=1S/C24H40N4O.HI/c1-20-7-4-5-15-28(20)18-22-10-8-21(9-11-22)17-26-23(25-2)27-19-24(12-6-13-24)14-16-29-3;/h8-11,20H,4-7,12-19H2,1-3H3,(H2,25,26,27);1H. The Hall–Kier alpha value is -0.860. The smallest absolute Gasteiger partial charge is 0.191 e. The maximum Gasteiger partial charge on any atom is 0.191 e. The van der Waals surface area contributed by atoms with E-state index < -0.39 is 0 Å². The van der Waals surface area contributed by atoms with E-state index in [2.05, 4.69) is 51.7 Å². The Morgan fingerprint density at radius 2 is 1.87 bits per heavy atom. The van der Waals surface area contributed by atoms with Crippen molar-refractivity contribution in [2.45, 2.75) is 71.0 Å². The molecular formula is C24H41IN4O. The molecular weight excluding hydrogens is 487 g/mol. The van der Waals surface area contributed by atoms with Crippen molar-refractivity contribution < 1.29 is 4.74 Å². The zero-order valence-electron chi connectivity index (χ0n) is 19.1. The maximum atomic E-state index is 5.30. The third-order valence-corrected chi connectivity index (χ3v) is 6.91. The fraction of sp³-hybridized carbons (Fsp3) is 0.708. The van der Waals surface area contributed by atoms with Crippen LogP contribution in [0.15, 0.2) is 29.3 Å². The van der Waals surface area contributed by atoms with Crippen molar-refractivity contribution in [3.63, 3.8) is 0 Å². The van der Waals surface area contributed by atoms with Crippen LogP contribution in [-0.2, 0) is 17.8 Å². The summed E-state index contributed by atoms with van der Waals surface area (Å²) in [5.74, 6) is 0.889. The quantitative estimate of drug-likeness (QED) is 0.281. The van der Waals surface area contributed by atoms with Crippen molar-refractivity contribution in [1.82, 2.24) is 15.5 Å². The molecule has 0 amide bonds. The van der Waals surface area contributed by atoms with Crippen LogP contribution in [-0.4, -0.2) is 50.8 Å². The summed E-state index contributed by atoms with van der Waals surface area (Å²) in [4.78, 5) is 7.02. The average Bonchev–Trinajstić information content (AvgIpc) is 2.72. The number of methoxy groups -OCH3 is 1. The van der Waals surface area contributed by atoms with Gasteiger partial charge in [-0.1, -0.05) is 37.1 Å². The maximum absolute atomic E-state index is 5.30. The van der Waals surface area contributed by atoms with Crippen LogP contribution in [0.3, 0.4) is 0 Å². The van der Waals surface area contributed by atoms with Gasteiger partial charge in [0, 0.05) is 46.4 Å². The summed E-state index contributed by atoms with van der Waals surface area (Å²) in [6.45, 7) is 7.28. The molecule has 3 rings (SSSR count). The number of hydrogen-bond donors (Lipinski definition) is 2. The first-order valence-corrected chi connectivity index (χ1v) is 11.4. The van der Waals surface area contributed by atoms with Crippen LogP contribution in [0.2, 0.25) is 0 Å². The first kappa shape index (κ1) is 25.4. The highest BCUT2D eigenvalue weighted by Crippen LogP contribution is 2.43. The SMILES string of the molecule is CN=C(NCc1ccc(CN2CCCCC2C)cc1)NCC1(CCOC)CCC1.I. The largest absolute Gasteiger partial charge is 0.385 e. The third kappa shape index (κ3) is 7.38. The molecule has 0 spiro atoms. The highest BCUT2D eigenvalue weighted by molar-refractivity contribution is 14.0. The Bertz CT molecular complexity index is 645. The van der Waals surface area contributed by atoms with E-state index in [0.29, 0.717) is 11.5 Å². The second-order valence-electron chi connectivity index (χ2n) is 9.01. The van der Waals surface area contributed by atoms with Gasteiger partial charge in [-0.05, 0) is 62.1 Å². The van der Waals surface area contributed by atoms with E-state index in [1.165, 1.54) is 56.2 Å². The monoisotopic (exact) mass is 528 g/mol. The van der Waals surface area contributed by atoms with Crippen molar-refractivity contribution >= 4 is 29.9 Å². The molecule has 6 heteroatoms. The van der Waals surface area contributed by atoms with Gasteiger partial charge in [-0.2, -0.15) is 0 Å². The van der Waals surface area contributed by atoms with Gasteiger partial charge in [0.05, 0.1) is 0 Å². The summed E-state index contributed by atoms with van der Waals surface area (Å²) in [6, 6.07) is 9.76. The predicted octanol–water partition coefficient (Wildman–Crippen LogP) is 4.55. The van der Waals surface area contributed by atoms with Gasteiger partial charge in [0.15, 0.2) is 5.96 Å². The zero-order chi connectivity index (χ0) is 20.5. The van der Waals surface area contributed by atoms with Gasteiger partial charge in [-0.15, -0.1) is 24.0 Å². The van der Waals surface area contributed by atoms with Crippen LogP contribution >= 0.6 is 24.0 Å². The lowest BCUT2D eigenvalue weighted by atomic mass is 9.67. The second-order valence-corrected chi connectivity index (χ2v) is 9.01. The number of ether oxygens (including phenoxy) is 1. The molecule has 2 aliphatic rings. The Balaban J connectivity index is 0.00000320. The fourth-order valence-corrected chi connectivity index (χ4v) is 4.58. The molecule has 1 aliphatic heterocycles. The summed E-state index contributed by atoms with van der Waals surface area (Å²) in [7, 11) is 3.64. The van der Waals surface area contributed by atoms with Crippen molar-refractivity contribution in [1.29, 1.82) is 0 Å². The predicted molar refractivity (Wildman–Crippen MR) is 137 cm³/mol. The summed E-state index contributed by atoms with van der Waals surface area (Å²) < 4.78 is 5.30. The minimum absolute atomic E-state index is 0. The van der Waals surface area contributed by atoms with Crippen LogP contribution in [0.5, 0.6) is 0 Å². The van der Waals surface area contributed by atoms with Crippen LogP contribution in [0, 0.1) is 5.41 Å². The molecule has 1 saturated carbocycles. The highest BCUT2D eigenvalue weighted by Gasteiger charge is 2.36. The van der Waals surface area contributed by atoms with Crippen molar-refractivity contribution in [2.24, 2.45) is 10.4 Å². The number of guanidine groups is 1. The molecule has 0 radical (unpaired) electrons. The summed E-state index contributed by atoms with van der Waals surface area (Å²) in [6.07, 6.45) is 9.09. The van der Waals surface area contributed by atoms with E-state index >= 15 is 0 Å². The molecule has 30 heavy (non-hydrogen) atoms. The lowest BCUT2D eigenvalue weighted by molar-refractivity contribution is 0.0732. The zero-order valence-corrected chi connectivity index (χ0v) is 21.4. The minimum atomic E-state index is 0. The Kier molecular flexibility index (Phi) is 10.9. The Morgan fingerprint density at radius 1 is 1.13 bits per heavy atom. The van der Waals surface area contributed by atoms with Gasteiger partial charge >= 0.3 is 0 Å². The Labute approximate surface area is 200 Å². The first-order chi connectivity index (χ1) is 14.1. The number of nitrogens with zero attached hydrogens (tertiary/aromatic N) is 2. The molecule has 1 atom stereocenters. The van der Waals surface area contributed by atoms with E-state index in [-0.39, 0.29) is 24.0 Å². The summed E-state index contributed by atoms with van der Waals surface area (Å²) >= 11 is 0. The topological polar surface area (TPSA) is 48.9 Å². The summed E-state index contributed by atoms with van der Waals surface area (Å²) in [5, 5.41) is 7.01. The number of halogens is 1. The second kappa shape index (κ2) is 12.9. The molecule has 2 fully saturated rings. The van der Waals surface area contributed by atoms with E-state index in [4.69, 9.17) is 4.74 Å². The van der Waals surface area contributed by atoms with Gasteiger partial charge in [0.25, 0.3) is 0 Å². The molecule has 5 nitrogen and oxygen atoms in total. The lowest BCUT2D eigenvalue weighted by Gasteiger charge is -2.42. The molecule has 170 valence electrons. The van der Waals surface area contributed by atoms with Crippen LogP contribution < -0.4 is 10.6 Å². The number of aliphatic imine (C=N–C) groups is 1. The fourth-order valence-electron chi connectivity index (χ4n) is 4.58. The van der Waals surface area contributed by atoms with Gasteiger partial charge in [-0.3, -0.25) is 9.89 Å².